The van der Waals surface area contributed by atoms with Crippen LogP contribution in [0.3, 0.4) is 0 Å². The van der Waals surface area contributed by atoms with Gasteiger partial charge in [-0.25, -0.2) is 0 Å². The number of hydrogen-bond donors (Lipinski definition) is 1. The molecule has 0 spiro atoms. The van der Waals surface area contributed by atoms with Crippen LogP contribution in [0.5, 0.6) is 5.75 Å². The molecule has 0 aliphatic heterocycles. The van der Waals surface area contributed by atoms with Gasteiger partial charge in [0, 0.05) is 12.2 Å². The molecule has 3 rings (SSSR count). The standard InChI is InChI=1S/C22H23NO2/c1-18(24)23(16-19-8-4-2-5-9-19)21-12-14-22(15-13-21)25-17-20-10-6-3-7-11-20/h2-15,18,24H,16-17H2,1H3/t18-/m1/s1. The number of aliphatic hydroxyl groups excluding tert-OH is 1. The number of anilines is 1. The van der Waals surface area contributed by atoms with Crippen LogP contribution in [0.25, 0.3) is 0 Å². The summed E-state index contributed by atoms with van der Waals surface area (Å²) in [5.41, 5.74) is 3.26. The normalized spacial score (nSPS) is 11.8. The first-order valence-electron chi connectivity index (χ1n) is 8.48. The van der Waals surface area contributed by atoms with Gasteiger partial charge >= 0.3 is 0 Å². The van der Waals surface area contributed by atoms with E-state index in [2.05, 4.69) is 12.1 Å². The van der Waals surface area contributed by atoms with Gasteiger partial charge in [0.05, 0.1) is 0 Å². The van der Waals surface area contributed by atoms with Gasteiger partial charge in [-0.1, -0.05) is 60.7 Å². The molecule has 0 aliphatic carbocycles. The number of benzene rings is 3. The highest BCUT2D eigenvalue weighted by Crippen LogP contribution is 2.23. The van der Waals surface area contributed by atoms with Gasteiger partial charge in [-0.3, -0.25) is 0 Å². The van der Waals surface area contributed by atoms with Gasteiger partial charge < -0.3 is 14.7 Å². The third kappa shape index (κ3) is 4.85. The SMILES string of the molecule is C[C@@H](O)N(Cc1ccccc1)c1ccc(OCc2ccccc2)cc1. The van der Waals surface area contributed by atoms with Crippen molar-refractivity contribution in [3.63, 3.8) is 0 Å². The van der Waals surface area contributed by atoms with Crippen molar-refractivity contribution in [3.05, 3.63) is 96.1 Å². The maximum Gasteiger partial charge on any atom is 0.124 e. The summed E-state index contributed by atoms with van der Waals surface area (Å²) in [6.45, 7) is 2.98. The average molecular weight is 333 g/mol. The van der Waals surface area contributed by atoms with Crippen LogP contribution >= 0.6 is 0 Å². The van der Waals surface area contributed by atoms with Crippen molar-refractivity contribution < 1.29 is 9.84 Å². The average Bonchev–Trinajstić information content (AvgIpc) is 2.66. The molecule has 0 saturated carbocycles. The molecule has 128 valence electrons. The molecule has 0 saturated heterocycles. The molecular weight excluding hydrogens is 310 g/mol. The zero-order valence-electron chi connectivity index (χ0n) is 14.4. The van der Waals surface area contributed by atoms with Gasteiger partial charge in [-0.05, 0) is 42.3 Å². The third-order valence-electron chi connectivity index (χ3n) is 4.06. The fourth-order valence-corrected chi connectivity index (χ4v) is 2.69. The van der Waals surface area contributed by atoms with Gasteiger partial charge in [0.2, 0.25) is 0 Å². The van der Waals surface area contributed by atoms with Crippen molar-refractivity contribution in [1.29, 1.82) is 0 Å². The first-order chi connectivity index (χ1) is 12.2. The minimum Gasteiger partial charge on any atom is -0.489 e. The summed E-state index contributed by atoms with van der Waals surface area (Å²) in [6, 6.07) is 28.1. The van der Waals surface area contributed by atoms with Gasteiger partial charge in [0.25, 0.3) is 0 Å². The van der Waals surface area contributed by atoms with Crippen LogP contribution in [-0.4, -0.2) is 11.3 Å². The van der Waals surface area contributed by atoms with Gasteiger partial charge in [0.1, 0.15) is 18.6 Å². The van der Waals surface area contributed by atoms with E-state index >= 15 is 0 Å². The minimum atomic E-state index is -0.573. The van der Waals surface area contributed by atoms with E-state index in [4.69, 9.17) is 4.74 Å². The summed E-state index contributed by atoms with van der Waals surface area (Å²) in [5.74, 6) is 0.817. The van der Waals surface area contributed by atoms with E-state index in [1.165, 1.54) is 0 Å². The maximum absolute atomic E-state index is 10.1. The van der Waals surface area contributed by atoms with Crippen LogP contribution in [0.4, 0.5) is 5.69 Å². The monoisotopic (exact) mass is 333 g/mol. The van der Waals surface area contributed by atoms with Crippen molar-refractivity contribution in [2.24, 2.45) is 0 Å². The van der Waals surface area contributed by atoms with E-state index in [0.717, 1.165) is 22.6 Å². The zero-order chi connectivity index (χ0) is 17.5. The van der Waals surface area contributed by atoms with Crippen molar-refractivity contribution in [2.75, 3.05) is 4.90 Å². The van der Waals surface area contributed by atoms with Crippen LogP contribution in [0.1, 0.15) is 18.1 Å². The quantitative estimate of drug-likeness (QED) is 0.641. The molecule has 0 heterocycles. The lowest BCUT2D eigenvalue weighted by Gasteiger charge is -2.28. The molecule has 1 atom stereocenters. The molecule has 25 heavy (non-hydrogen) atoms. The summed E-state index contributed by atoms with van der Waals surface area (Å²) in [7, 11) is 0. The smallest absolute Gasteiger partial charge is 0.124 e. The molecule has 1 N–H and O–H groups in total. The Bertz CT molecular complexity index is 755. The van der Waals surface area contributed by atoms with Crippen molar-refractivity contribution >= 4 is 5.69 Å². The van der Waals surface area contributed by atoms with Gasteiger partial charge in [-0.2, -0.15) is 0 Å². The van der Waals surface area contributed by atoms with Crippen molar-refractivity contribution in [2.45, 2.75) is 26.3 Å². The molecule has 3 nitrogen and oxygen atoms in total. The second kappa shape index (κ2) is 8.36. The number of aliphatic hydroxyl groups is 1. The molecular formula is C22H23NO2. The number of nitrogens with zero attached hydrogens (tertiary/aromatic N) is 1. The molecule has 3 heteroatoms. The van der Waals surface area contributed by atoms with Crippen LogP contribution in [0.2, 0.25) is 0 Å². The number of rotatable bonds is 7. The predicted octanol–water partition coefficient (Wildman–Crippen LogP) is 4.61. The number of hydrogen-bond acceptors (Lipinski definition) is 3. The van der Waals surface area contributed by atoms with Crippen molar-refractivity contribution in [3.8, 4) is 5.75 Å². The summed E-state index contributed by atoms with van der Waals surface area (Å²) >= 11 is 0. The lowest BCUT2D eigenvalue weighted by atomic mass is 10.2. The second-order valence-corrected chi connectivity index (χ2v) is 6.01. The highest BCUT2D eigenvalue weighted by atomic mass is 16.5. The molecule has 3 aromatic rings. The second-order valence-electron chi connectivity index (χ2n) is 6.01. The lowest BCUT2D eigenvalue weighted by molar-refractivity contribution is 0.186. The van der Waals surface area contributed by atoms with E-state index in [-0.39, 0.29) is 0 Å². The number of ether oxygens (including phenoxy) is 1. The lowest BCUT2D eigenvalue weighted by Crippen LogP contribution is -2.32. The highest BCUT2D eigenvalue weighted by Gasteiger charge is 2.12. The summed E-state index contributed by atoms with van der Waals surface area (Å²) < 4.78 is 5.82. The first-order valence-corrected chi connectivity index (χ1v) is 8.48. The molecule has 0 unspecified atom stereocenters. The predicted molar refractivity (Wildman–Crippen MR) is 102 cm³/mol. The van der Waals surface area contributed by atoms with E-state index in [1.807, 2.05) is 77.7 Å². The molecule has 0 aromatic heterocycles. The highest BCUT2D eigenvalue weighted by molar-refractivity contribution is 5.50. The Hall–Kier alpha value is -2.78. The Balaban J connectivity index is 1.66. The van der Waals surface area contributed by atoms with E-state index in [1.54, 1.807) is 6.92 Å². The zero-order valence-corrected chi connectivity index (χ0v) is 14.4. The fraction of sp³-hybridized carbons (Fsp3) is 0.182. The Kier molecular flexibility index (Phi) is 5.70. The molecule has 3 aromatic carbocycles. The summed E-state index contributed by atoms with van der Waals surface area (Å²) in [6.07, 6.45) is -0.573. The summed E-state index contributed by atoms with van der Waals surface area (Å²) in [5, 5.41) is 10.1. The van der Waals surface area contributed by atoms with Crippen LogP contribution in [-0.2, 0) is 13.2 Å². The molecule has 0 bridgehead atoms. The van der Waals surface area contributed by atoms with Crippen LogP contribution < -0.4 is 9.64 Å². The minimum absolute atomic E-state index is 0.546. The Labute approximate surface area is 149 Å². The topological polar surface area (TPSA) is 32.7 Å². The van der Waals surface area contributed by atoms with Crippen LogP contribution in [0.15, 0.2) is 84.9 Å². The third-order valence-corrected chi connectivity index (χ3v) is 4.06. The van der Waals surface area contributed by atoms with E-state index in [9.17, 15) is 5.11 Å². The fourth-order valence-electron chi connectivity index (χ4n) is 2.69. The first kappa shape index (κ1) is 17.1. The van der Waals surface area contributed by atoms with Gasteiger partial charge in [-0.15, -0.1) is 0 Å². The summed E-state index contributed by atoms with van der Waals surface area (Å²) in [4.78, 5) is 1.95. The molecule has 0 aliphatic rings. The molecule has 0 amide bonds. The van der Waals surface area contributed by atoms with Crippen molar-refractivity contribution in [1.82, 2.24) is 0 Å². The Morgan fingerprint density at radius 2 is 1.36 bits per heavy atom. The largest absolute Gasteiger partial charge is 0.489 e. The molecule has 0 radical (unpaired) electrons. The Morgan fingerprint density at radius 3 is 1.92 bits per heavy atom. The maximum atomic E-state index is 10.1. The Morgan fingerprint density at radius 1 is 0.800 bits per heavy atom. The van der Waals surface area contributed by atoms with E-state index < -0.39 is 6.23 Å². The van der Waals surface area contributed by atoms with Crippen LogP contribution in [0, 0.1) is 0 Å². The van der Waals surface area contributed by atoms with Gasteiger partial charge in [0.15, 0.2) is 0 Å². The molecule has 0 fully saturated rings. The van der Waals surface area contributed by atoms with E-state index in [0.29, 0.717) is 13.2 Å².